The van der Waals surface area contributed by atoms with E-state index in [1.54, 1.807) is 0 Å². The Morgan fingerprint density at radius 3 is 2.67 bits per heavy atom. The second-order valence-corrected chi connectivity index (χ2v) is 4.07. The van der Waals surface area contributed by atoms with E-state index in [0.717, 1.165) is 24.6 Å². The van der Waals surface area contributed by atoms with Crippen molar-refractivity contribution in [1.82, 2.24) is 10.2 Å². The van der Waals surface area contributed by atoms with Gasteiger partial charge in [-0.25, -0.2) is 0 Å². The molecule has 0 aliphatic heterocycles. The van der Waals surface area contributed by atoms with Crippen molar-refractivity contribution in [1.29, 1.82) is 0 Å². The molecule has 3 nitrogen and oxygen atoms in total. The van der Waals surface area contributed by atoms with Gasteiger partial charge < -0.3 is 9.73 Å². The van der Waals surface area contributed by atoms with Gasteiger partial charge in [0.1, 0.15) is 11.5 Å². The van der Waals surface area contributed by atoms with Crippen molar-refractivity contribution >= 4 is 0 Å². The van der Waals surface area contributed by atoms with Crippen LogP contribution in [0.4, 0.5) is 0 Å². The molecule has 0 saturated heterocycles. The molecule has 1 aromatic rings. The molecule has 0 radical (unpaired) electrons. The highest BCUT2D eigenvalue weighted by Crippen LogP contribution is 2.12. The maximum absolute atomic E-state index is 5.69. The van der Waals surface area contributed by atoms with Gasteiger partial charge in [0.05, 0.1) is 13.1 Å². The van der Waals surface area contributed by atoms with Crippen LogP contribution in [0.5, 0.6) is 0 Å². The van der Waals surface area contributed by atoms with Crippen LogP contribution in [0.1, 0.15) is 31.8 Å². The van der Waals surface area contributed by atoms with Crippen LogP contribution in [0.15, 0.2) is 16.5 Å². The van der Waals surface area contributed by atoms with Crippen LogP contribution < -0.4 is 5.32 Å². The van der Waals surface area contributed by atoms with Crippen LogP contribution in [0.25, 0.3) is 0 Å². The summed E-state index contributed by atoms with van der Waals surface area (Å²) in [6.07, 6.45) is 1.17. The van der Waals surface area contributed by atoms with Gasteiger partial charge in [0.25, 0.3) is 0 Å². The maximum atomic E-state index is 5.69. The predicted molar refractivity (Wildman–Crippen MR) is 62.7 cm³/mol. The molecular weight excluding hydrogens is 188 g/mol. The lowest BCUT2D eigenvalue weighted by Gasteiger charge is -2.22. The smallest absolute Gasteiger partial charge is 0.118 e. The molecule has 15 heavy (non-hydrogen) atoms. The van der Waals surface area contributed by atoms with Crippen LogP contribution >= 0.6 is 0 Å². The van der Waals surface area contributed by atoms with Gasteiger partial charge in [0, 0.05) is 6.04 Å². The first kappa shape index (κ1) is 12.3. The zero-order chi connectivity index (χ0) is 11.3. The molecule has 1 atom stereocenters. The molecule has 0 spiro atoms. The number of nitrogens with one attached hydrogen (secondary N) is 1. The molecule has 0 aromatic carbocycles. The highest BCUT2D eigenvalue weighted by Gasteiger charge is 2.09. The second kappa shape index (κ2) is 5.93. The van der Waals surface area contributed by atoms with Gasteiger partial charge in [0.15, 0.2) is 0 Å². The van der Waals surface area contributed by atoms with Gasteiger partial charge in [0.2, 0.25) is 0 Å². The number of furan rings is 1. The Balaban J connectivity index is 2.49. The molecule has 0 fully saturated rings. The summed E-state index contributed by atoms with van der Waals surface area (Å²) in [6.45, 7) is 6.12. The van der Waals surface area contributed by atoms with Crippen molar-refractivity contribution in [2.24, 2.45) is 0 Å². The van der Waals surface area contributed by atoms with Gasteiger partial charge >= 0.3 is 0 Å². The lowest BCUT2D eigenvalue weighted by molar-refractivity contribution is 0.223. The predicted octanol–water partition coefficient (Wildman–Crippen LogP) is 2.23. The quantitative estimate of drug-likeness (QED) is 0.780. The zero-order valence-electron chi connectivity index (χ0n) is 10.2. The van der Waals surface area contributed by atoms with Crippen molar-refractivity contribution in [2.45, 2.75) is 39.4 Å². The molecular formula is C12H22N2O. The minimum absolute atomic E-state index is 0.600. The van der Waals surface area contributed by atoms with Crippen LogP contribution in [-0.2, 0) is 13.1 Å². The Morgan fingerprint density at radius 2 is 2.07 bits per heavy atom. The molecule has 1 aromatic heterocycles. The molecule has 1 heterocycles. The molecule has 86 valence electrons. The van der Waals surface area contributed by atoms with Crippen molar-refractivity contribution in [2.75, 3.05) is 14.1 Å². The van der Waals surface area contributed by atoms with Gasteiger partial charge in [-0.15, -0.1) is 0 Å². The third-order valence-electron chi connectivity index (χ3n) is 2.82. The Bertz CT molecular complexity index is 283. The Labute approximate surface area is 92.5 Å². The highest BCUT2D eigenvalue weighted by molar-refractivity contribution is 5.07. The van der Waals surface area contributed by atoms with Crippen molar-refractivity contribution < 1.29 is 4.42 Å². The fourth-order valence-corrected chi connectivity index (χ4v) is 1.49. The minimum atomic E-state index is 0.600. The molecule has 1 unspecified atom stereocenters. The van der Waals surface area contributed by atoms with Gasteiger partial charge in [-0.2, -0.15) is 0 Å². The standard InChI is InChI=1S/C12H22N2O/c1-5-10(2)14(4)9-12-7-6-11(15-12)8-13-3/h6-7,10,13H,5,8-9H2,1-4H3. The molecule has 1 rings (SSSR count). The normalized spacial score (nSPS) is 13.4. The molecule has 0 amide bonds. The van der Waals surface area contributed by atoms with Gasteiger partial charge in [-0.05, 0) is 39.6 Å². The number of hydrogen-bond acceptors (Lipinski definition) is 3. The maximum Gasteiger partial charge on any atom is 0.118 e. The average molecular weight is 210 g/mol. The average Bonchev–Trinajstić information content (AvgIpc) is 2.65. The lowest BCUT2D eigenvalue weighted by atomic mass is 10.2. The van der Waals surface area contributed by atoms with E-state index in [-0.39, 0.29) is 0 Å². The fraction of sp³-hybridized carbons (Fsp3) is 0.667. The molecule has 1 N–H and O–H groups in total. The molecule has 0 bridgehead atoms. The summed E-state index contributed by atoms with van der Waals surface area (Å²) in [7, 11) is 4.06. The fourth-order valence-electron chi connectivity index (χ4n) is 1.49. The summed E-state index contributed by atoms with van der Waals surface area (Å²) >= 11 is 0. The van der Waals surface area contributed by atoms with Crippen molar-refractivity contribution in [3.63, 3.8) is 0 Å². The monoisotopic (exact) mass is 210 g/mol. The van der Waals surface area contributed by atoms with E-state index in [1.807, 2.05) is 13.1 Å². The second-order valence-electron chi connectivity index (χ2n) is 4.07. The van der Waals surface area contributed by atoms with E-state index in [1.165, 1.54) is 6.42 Å². The summed E-state index contributed by atoms with van der Waals surface area (Å²) in [5.41, 5.74) is 0. The summed E-state index contributed by atoms with van der Waals surface area (Å²) in [5, 5.41) is 3.08. The first-order chi connectivity index (χ1) is 7.17. The molecule has 0 aliphatic carbocycles. The summed E-state index contributed by atoms with van der Waals surface area (Å²) in [4.78, 5) is 2.31. The van der Waals surface area contributed by atoms with Crippen LogP contribution in [0, 0.1) is 0 Å². The summed E-state index contributed by atoms with van der Waals surface area (Å²) in [6, 6.07) is 4.70. The van der Waals surface area contributed by atoms with Crippen LogP contribution in [-0.4, -0.2) is 25.0 Å². The first-order valence-corrected chi connectivity index (χ1v) is 5.59. The third kappa shape index (κ3) is 3.68. The third-order valence-corrected chi connectivity index (χ3v) is 2.82. The largest absolute Gasteiger partial charge is 0.463 e. The first-order valence-electron chi connectivity index (χ1n) is 5.59. The number of hydrogen-bond donors (Lipinski definition) is 1. The van der Waals surface area contributed by atoms with E-state index in [4.69, 9.17) is 4.42 Å². The minimum Gasteiger partial charge on any atom is -0.463 e. The molecule has 0 aliphatic rings. The summed E-state index contributed by atoms with van der Waals surface area (Å²) in [5.74, 6) is 2.05. The Hall–Kier alpha value is -0.800. The number of rotatable bonds is 6. The summed E-state index contributed by atoms with van der Waals surface area (Å²) < 4.78 is 5.69. The SMILES string of the molecule is CCC(C)N(C)Cc1ccc(CNC)o1. The van der Waals surface area contributed by atoms with Crippen molar-refractivity contribution in [3.8, 4) is 0 Å². The highest BCUT2D eigenvalue weighted by atomic mass is 16.3. The van der Waals surface area contributed by atoms with E-state index in [9.17, 15) is 0 Å². The van der Waals surface area contributed by atoms with E-state index in [2.05, 4.69) is 37.2 Å². The van der Waals surface area contributed by atoms with E-state index < -0.39 is 0 Å². The van der Waals surface area contributed by atoms with E-state index >= 15 is 0 Å². The lowest BCUT2D eigenvalue weighted by Crippen LogP contribution is -2.27. The molecule has 3 heteroatoms. The van der Waals surface area contributed by atoms with Crippen LogP contribution in [0.3, 0.4) is 0 Å². The number of nitrogens with zero attached hydrogens (tertiary/aromatic N) is 1. The topological polar surface area (TPSA) is 28.4 Å². The van der Waals surface area contributed by atoms with Gasteiger partial charge in [-0.1, -0.05) is 6.92 Å². The van der Waals surface area contributed by atoms with Gasteiger partial charge in [-0.3, -0.25) is 4.90 Å². The van der Waals surface area contributed by atoms with Crippen LogP contribution in [0.2, 0.25) is 0 Å². The van der Waals surface area contributed by atoms with E-state index in [0.29, 0.717) is 6.04 Å². The Morgan fingerprint density at radius 1 is 1.40 bits per heavy atom. The zero-order valence-corrected chi connectivity index (χ0v) is 10.2. The Kier molecular flexibility index (Phi) is 4.85. The molecule has 0 saturated carbocycles. The van der Waals surface area contributed by atoms with Crippen molar-refractivity contribution in [3.05, 3.63) is 23.7 Å².